The maximum atomic E-state index is 12.0. The number of aliphatic hydroxyl groups is 2. The van der Waals surface area contributed by atoms with E-state index in [1.807, 2.05) is 0 Å². The summed E-state index contributed by atoms with van der Waals surface area (Å²) in [6.45, 7) is 1.54. The normalized spacial score (nSPS) is 11.0. The van der Waals surface area contributed by atoms with Crippen LogP contribution >= 0.6 is 0 Å². The Balaban J connectivity index is 4.83. The minimum absolute atomic E-state index is 0.0742. The highest BCUT2D eigenvalue weighted by atomic mass is 16.5. The first-order chi connectivity index (χ1) is 10.8. The molecule has 0 bridgehead atoms. The summed E-state index contributed by atoms with van der Waals surface area (Å²) in [4.78, 5) is 46.9. The highest BCUT2D eigenvalue weighted by Gasteiger charge is 2.41. The van der Waals surface area contributed by atoms with Gasteiger partial charge in [-0.25, -0.2) is 0 Å². The molecular formula is C15H24O8. The van der Waals surface area contributed by atoms with Gasteiger partial charge in [0.2, 0.25) is 0 Å². The van der Waals surface area contributed by atoms with Gasteiger partial charge in [0.05, 0.1) is 18.6 Å². The summed E-state index contributed by atoms with van der Waals surface area (Å²) in [6, 6.07) is 0. The van der Waals surface area contributed by atoms with Crippen LogP contribution in [0.5, 0.6) is 0 Å². The molecule has 0 saturated carbocycles. The number of ether oxygens (including phenoxy) is 2. The average Bonchev–Trinajstić information content (AvgIpc) is 2.50. The van der Waals surface area contributed by atoms with Gasteiger partial charge in [-0.3, -0.25) is 19.2 Å². The monoisotopic (exact) mass is 332 g/mol. The van der Waals surface area contributed by atoms with Crippen LogP contribution in [0.2, 0.25) is 0 Å². The van der Waals surface area contributed by atoms with Crippen LogP contribution in [0.1, 0.15) is 39.5 Å². The van der Waals surface area contributed by atoms with E-state index in [1.165, 1.54) is 13.8 Å². The van der Waals surface area contributed by atoms with E-state index in [-0.39, 0.29) is 52.1 Å². The summed E-state index contributed by atoms with van der Waals surface area (Å²) in [5.41, 5.74) is -1.45. The number of hydrogen-bond acceptors (Lipinski definition) is 8. The standard InChI is InChI=1S/C15H24O8/c1-11(18)15(12(2)19,5-3-13(20)22-9-7-16)6-4-14(21)23-10-8-17/h16-17H,3-10H2,1-2H3. The number of Topliss-reactive ketones (excluding diaryl/α,β-unsaturated/α-hetero) is 2. The molecule has 8 nitrogen and oxygen atoms in total. The van der Waals surface area contributed by atoms with Crippen molar-refractivity contribution in [1.29, 1.82) is 0 Å². The lowest BCUT2D eigenvalue weighted by Crippen LogP contribution is -2.38. The number of esters is 2. The molecular weight excluding hydrogens is 308 g/mol. The van der Waals surface area contributed by atoms with Crippen molar-refractivity contribution in [1.82, 2.24) is 0 Å². The molecule has 0 spiro atoms. The van der Waals surface area contributed by atoms with Crippen molar-refractivity contribution in [2.24, 2.45) is 5.41 Å². The smallest absolute Gasteiger partial charge is 0.305 e. The molecule has 0 atom stereocenters. The molecule has 8 heteroatoms. The molecule has 0 aliphatic carbocycles. The number of rotatable bonds is 12. The van der Waals surface area contributed by atoms with Crippen molar-refractivity contribution in [3.63, 3.8) is 0 Å². The predicted molar refractivity (Wildman–Crippen MR) is 78.4 cm³/mol. The van der Waals surface area contributed by atoms with Gasteiger partial charge in [-0.2, -0.15) is 0 Å². The Morgan fingerprint density at radius 1 is 0.783 bits per heavy atom. The maximum absolute atomic E-state index is 12.0. The zero-order valence-corrected chi connectivity index (χ0v) is 13.5. The Morgan fingerprint density at radius 2 is 1.13 bits per heavy atom. The van der Waals surface area contributed by atoms with Crippen LogP contribution in [0.15, 0.2) is 0 Å². The van der Waals surface area contributed by atoms with Gasteiger partial charge in [-0.05, 0) is 26.7 Å². The number of aliphatic hydroxyl groups excluding tert-OH is 2. The molecule has 0 rings (SSSR count). The van der Waals surface area contributed by atoms with Crippen LogP contribution in [0, 0.1) is 5.41 Å². The van der Waals surface area contributed by atoms with E-state index < -0.39 is 28.9 Å². The fourth-order valence-corrected chi connectivity index (χ4v) is 2.17. The quantitative estimate of drug-likeness (QED) is 0.371. The van der Waals surface area contributed by atoms with Gasteiger partial charge < -0.3 is 19.7 Å². The Labute approximate surface area is 134 Å². The summed E-state index contributed by atoms with van der Waals surface area (Å²) in [5.74, 6) is -2.13. The number of carbonyl (C=O) groups excluding carboxylic acids is 4. The van der Waals surface area contributed by atoms with Crippen molar-refractivity contribution >= 4 is 23.5 Å². The first-order valence-electron chi connectivity index (χ1n) is 7.35. The van der Waals surface area contributed by atoms with Crippen LogP contribution in [-0.2, 0) is 28.7 Å². The summed E-state index contributed by atoms with van der Waals surface area (Å²) in [7, 11) is 0. The predicted octanol–water partition coefficient (Wildman–Crippen LogP) is -0.218. The van der Waals surface area contributed by atoms with Crippen molar-refractivity contribution in [3.05, 3.63) is 0 Å². The van der Waals surface area contributed by atoms with E-state index in [0.29, 0.717) is 0 Å². The van der Waals surface area contributed by atoms with Crippen LogP contribution in [0.4, 0.5) is 0 Å². The second-order valence-electron chi connectivity index (χ2n) is 5.08. The Bertz CT molecular complexity index is 389. The molecule has 23 heavy (non-hydrogen) atoms. The molecule has 0 heterocycles. The average molecular weight is 332 g/mol. The van der Waals surface area contributed by atoms with Crippen LogP contribution in [-0.4, -0.2) is 60.1 Å². The lowest BCUT2D eigenvalue weighted by molar-refractivity contribution is -0.148. The van der Waals surface area contributed by atoms with Gasteiger partial charge in [0, 0.05) is 12.8 Å². The molecule has 0 aliphatic heterocycles. The van der Waals surface area contributed by atoms with Gasteiger partial charge in [-0.1, -0.05) is 0 Å². The van der Waals surface area contributed by atoms with Crippen LogP contribution in [0.25, 0.3) is 0 Å². The van der Waals surface area contributed by atoms with E-state index in [0.717, 1.165) is 0 Å². The molecule has 0 radical (unpaired) electrons. The topological polar surface area (TPSA) is 127 Å². The molecule has 2 N–H and O–H groups in total. The number of hydrogen-bond donors (Lipinski definition) is 2. The Kier molecular flexibility index (Phi) is 10.00. The molecule has 0 amide bonds. The minimum Gasteiger partial charge on any atom is -0.463 e. The molecule has 0 aliphatic rings. The Morgan fingerprint density at radius 3 is 1.39 bits per heavy atom. The van der Waals surface area contributed by atoms with Crippen molar-refractivity contribution in [3.8, 4) is 0 Å². The third kappa shape index (κ3) is 7.34. The summed E-state index contributed by atoms with van der Waals surface area (Å²) < 4.78 is 9.39. The molecule has 0 aromatic carbocycles. The van der Waals surface area contributed by atoms with Crippen molar-refractivity contribution in [2.75, 3.05) is 26.4 Å². The van der Waals surface area contributed by atoms with E-state index in [1.54, 1.807) is 0 Å². The third-order valence-electron chi connectivity index (χ3n) is 3.57. The van der Waals surface area contributed by atoms with Crippen molar-refractivity contribution < 1.29 is 38.9 Å². The molecule has 0 unspecified atom stereocenters. The minimum atomic E-state index is -1.45. The van der Waals surface area contributed by atoms with E-state index in [2.05, 4.69) is 0 Å². The van der Waals surface area contributed by atoms with Gasteiger partial charge in [0.1, 0.15) is 24.8 Å². The largest absolute Gasteiger partial charge is 0.463 e. The molecule has 0 aromatic rings. The molecule has 0 saturated heterocycles. The van der Waals surface area contributed by atoms with Gasteiger partial charge in [0.15, 0.2) is 0 Å². The fraction of sp³-hybridized carbons (Fsp3) is 0.733. The lowest BCUT2D eigenvalue weighted by atomic mass is 9.73. The second-order valence-corrected chi connectivity index (χ2v) is 5.08. The van der Waals surface area contributed by atoms with E-state index >= 15 is 0 Å². The zero-order valence-electron chi connectivity index (χ0n) is 13.5. The first-order valence-corrected chi connectivity index (χ1v) is 7.35. The highest BCUT2D eigenvalue weighted by Crippen LogP contribution is 2.32. The molecule has 0 fully saturated rings. The highest BCUT2D eigenvalue weighted by molar-refractivity contribution is 6.05. The SMILES string of the molecule is CC(=O)C(CCC(=O)OCCO)(CCC(=O)OCCO)C(C)=O. The van der Waals surface area contributed by atoms with Gasteiger partial charge in [0.25, 0.3) is 0 Å². The van der Waals surface area contributed by atoms with Crippen LogP contribution < -0.4 is 0 Å². The second kappa shape index (κ2) is 10.8. The summed E-state index contributed by atoms with van der Waals surface area (Å²) in [6.07, 6.45) is -0.500. The number of ketones is 2. The molecule has 132 valence electrons. The van der Waals surface area contributed by atoms with E-state index in [9.17, 15) is 19.2 Å². The van der Waals surface area contributed by atoms with Crippen LogP contribution in [0.3, 0.4) is 0 Å². The van der Waals surface area contributed by atoms with Gasteiger partial charge in [-0.15, -0.1) is 0 Å². The first kappa shape index (κ1) is 21.2. The fourth-order valence-electron chi connectivity index (χ4n) is 2.17. The van der Waals surface area contributed by atoms with Crippen molar-refractivity contribution in [2.45, 2.75) is 39.5 Å². The van der Waals surface area contributed by atoms with E-state index in [4.69, 9.17) is 19.7 Å². The summed E-state index contributed by atoms with van der Waals surface area (Å²) in [5, 5.41) is 17.2. The lowest BCUT2D eigenvalue weighted by Gasteiger charge is -2.28. The van der Waals surface area contributed by atoms with Gasteiger partial charge >= 0.3 is 11.9 Å². The zero-order chi connectivity index (χ0) is 17.9. The summed E-state index contributed by atoms with van der Waals surface area (Å²) >= 11 is 0. The maximum Gasteiger partial charge on any atom is 0.305 e. The number of carbonyl (C=O) groups is 4. The Hall–Kier alpha value is -1.80. The third-order valence-corrected chi connectivity index (χ3v) is 3.57. The molecule has 0 aromatic heterocycles.